The number of carbonyl (C=O) groups is 1. The Bertz CT molecular complexity index is 1050. The SMILES string of the molecule is O=C(Nc1ccc(F)cc1F)N(Cc1ccc(F)cc1)C1CCCc2ccccc21. The Morgan fingerprint density at radius 2 is 1.70 bits per heavy atom. The minimum atomic E-state index is -0.839. The summed E-state index contributed by atoms with van der Waals surface area (Å²) in [5.74, 6) is -1.91. The number of hydrogen-bond donors (Lipinski definition) is 1. The van der Waals surface area contributed by atoms with Crippen molar-refractivity contribution in [3.63, 3.8) is 0 Å². The van der Waals surface area contributed by atoms with Gasteiger partial charge in [-0.05, 0) is 60.2 Å². The third-order valence-electron chi connectivity index (χ3n) is 5.41. The van der Waals surface area contributed by atoms with Crippen molar-refractivity contribution in [2.45, 2.75) is 31.8 Å². The van der Waals surface area contributed by atoms with Crippen molar-refractivity contribution in [2.75, 3.05) is 5.32 Å². The highest BCUT2D eigenvalue weighted by molar-refractivity contribution is 5.89. The summed E-state index contributed by atoms with van der Waals surface area (Å²) in [5, 5.41) is 2.57. The predicted molar refractivity (Wildman–Crippen MR) is 109 cm³/mol. The number of nitrogens with one attached hydrogen (secondary N) is 1. The molecule has 0 saturated carbocycles. The van der Waals surface area contributed by atoms with Crippen LogP contribution in [0.1, 0.15) is 35.6 Å². The molecule has 30 heavy (non-hydrogen) atoms. The number of aryl methyl sites for hydroxylation is 1. The summed E-state index contributed by atoms with van der Waals surface area (Å²) in [6.07, 6.45) is 2.61. The second-order valence-electron chi connectivity index (χ2n) is 7.42. The van der Waals surface area contributed by atoms with E-state index in [4.69, 9.17) is 0 Å². The lowest BCUT2D eigenvalue weighted by Gasteiger charge is -2.36. The Kier molecular flexibility index (Phi) is 5.74. The van der Waals surface area contributed by atoms with Gasteiger partial charge in [0.15, 0.2) is 0 Å². The second-order valence-corrected chi connectivity index (χ2v) is 7.42. The van der Waals surface area contributed by atoms with E-state index in [0.29, 0.717) is 0 Å². The lowest BCUT2D eigenvalue weighted by molar-refractivity contribution is 0.175. The summed E-state index contributed by atoms with van der Waals surface area (Å²) < 4.78 is 40.7. The average Bonchev–Trinajstić information content (AvgIpc) is 2.75. The Labute approximate surface area is 173 Å². The van der Waals surface area contributed by atoms with Crippen LogP contribution in [0.3, 0.4) is 0 Å². The van der Waals surface area contributed by atoms with Gasteiger partial charge in [-0.25, -0.2) is 18.0 Å². The maximum Gasteiger partial charge on any atom is 0.322 e. The van der Waals surface area contributed by atoms with Crippen LogP contribution in [-0.4, -0.2) is 10.9 Å². The number of urea groups is 1. The molecule has 3 nitrogen and oxygen atoms in total. The summed E-state index contributed by atoms with van der Waals surface area (Å²) >= 11 is 0. The van der Waals surface area contributed by atoms with Crippen LogP contribution in [0.5, 0.6) is 0 Å². The lowest BCUT2D eigenvalue weighted by Crippen LogP contribution is -2.39. The molecular weight excluding hydrogens is 389 g/mol. The zero-order chi connectivity index (χ0) is 21.1. The molecule has 0 fully saturated rings. The molecule has 4 rings (SSSR count). The van der Waals surface area contributed by atoms with Crippen LogP contribution in [0.2, 0.25) is 0 Å². The Hall–Kier alpha value is -3.28. The molecule has 6 heteroatoms. The van der Waals surface area contributed by atoms with Gasteiger partial charge in [0.1, 0.15) is 17.5 Å². The van der Waals surface area contributed by atoms with Gasteiger partial charge < -0.3 is 10.2 Å². The number of nitrogens with zero attached hydrogens (tertiary/aromatic N) is 1. The molecule has 0 aromatic heterocycles. The molecular formula is C24H21F3N2O. The number of benzene rings is 3. The van der Waals surface area contributed by atoms with E-state index in [-0.39, 0.29) is 24.1 Å². The number of hydrogen-bond acceptors (Lipinski definition) is 1. The van der Waals surface area contributed by atoms with Gasteiger partial charge in [-0.15, -0.1) is 0 Å². The van der Waals surface area contributed by atoms with Gasteiger partial charge in [-0.1, -0.05) is 36.4 Å². The molecule has 154 valence electrons. The van der Waals surface area contributed by atoms with E-state index in [9.17, 15) is 18.0 Å². The highest BCUT2D eigenvalue weighted by Crippen LogP contribution is 2.35. The number of carbonyl (C=O) groups excluding carboxylic acids is 1. The van der Waals surface area contributed by atoms with Crippen LogP contribution >= 0.6 is 0 Å². The van der Waals surface area contributed by atoms with Crippen LogP contribution in [0.25, 0.3) is 0 Å². The molecule has 1 atom stereocenters. The predicted octanol–water partition coefficient (Wildman–Crippen LogP) is 6.22. The van der Waals surface area contributed by atoms with E-state index in [1.165, 1.54) is 23.8 Å². The Morgan fingerprint density at radius 3 is 2.47 bits per heavy atom. The van der Waals surface area contributed by atoms with Crippen molar-refractivity contribution in [1.29, 1.82) is 0 Å². The fourth-order valence-corrected chi connectivity index (χ4v) is 3.94. The topological polar surface area (TPSA) is 32.3 Å². The molecule has 0 aliphatic heterocycles. The smallest absolute Gasteiger partial charge is 0.313 e. The summed E-state index contributed by atoms with van der Waals surface area (Å²) in [5.41, 5.74) is 2.91. The molecule has 3 aromatic carbocycles. The largest absolute Gasteiger partial charge is 0.322 e. The number of amides is 2. The minimum absolute atomic E-state index is 0.0883. The molecule has 3 aromatic rings. The summed E-state index contributed by atoms with van der Waals surface area (Å²) in [6, 6.07) is 16.2. The van der Waals surface area contributed by atoms with Crippen molar-refractivity contribution < 1.29 is 18.0 Å². The molecule has 2 amide bonds. The Balaban J connectivity index is 1.66. The van der Waals surface area contributed by atoms with Crippen LogP contribution in [0.4, 0.5) is 23.7 Å². The molecule has 1 N–H and O–H groups in total. The van der Waals surface area contributed by atoms with Crippen LogP contribution in [0.15, 0.2) is 66.7 Å². The van der Waals surface area contributed by atoms with Gasteiger partial charge in [0.05, 0.1) is 11.7 Å². The van der Waals surface area contributed by atoms with E-state index in [1.54, 1.807) is 17.0 Å². The molecule has 1 aliphatic carbocycles. The van der Waals surface area contributed by atoms with Crippen LogP contribution in [0, 0.1) is 17.5 Å². The van der Waals surface area contributed by atoms with E-state index in [1.807, 2.05) is 18.2 Å². The van der Waals surface area contributed by atoms with Gasteiger partial charge in [0, 0.05) is 12.6 Å². The highest BCUT2D eigenvalue weighted by atomic mass is 19.1. The van der Waals surface area contributed by atoms with Crippen molar-refractivity contribution in [3.05, 3.63) is 101 Å². The normalized spacial score (nSPS) is 15.4. The first-order chi connectivity index (χ1) is 14.5. The number of halogens is 3. The molecule has 1 unspecified atom stereocenters. The summed E-state index contributed by atoms with van der Waals surface area (Å²) in [4.78, 5) is 14.8. The first-order valence-electron chi connectivity index (χ1n) is 9.86. The summed E-state index contributed by atoms with van der Waals surface area (Å²) in [6.45, 7) is 0.230. The lowest BCUT2D eigenvalue weighted by atomic mass is 9.86. The van der Waals surface area contributed by atoms with Gasteiger partial charge >= 0.3 is 6.03 Å². The van der Waals surface area contributed by atoms with Gasteiger partial charge in [0.2, 0.25) is 0 Å². The van der Waals surface area contributed by atoms with E-state index in [2.05, 4.69) is 11.4 Å². The van der Waals surface area contributed by atoms with Crippen LogP contribution < -0.4 is 5.32 Å². The van der Waals surface area contributed by atoms with E-state index in [0.717, 1.165) is 42.5 Å². The average molecular weight is 410 g/mol. The van der Waals surface area contributed by atoms with Gasteiger partial charge in [0.25, 0.3) is 0 Å². The van der Waals surface area contributed by atoms with Crippen molar-refractivity contribution in [1.82, 2.24) is 4.90 Å². The zero-order valence-electron chi connectivity index (χ0n) is 16.2. The fourth-order valence-electron chi connectivity index (χ4n) is 3.94. The molecule has 0 radical (unpaired) electrons. The Morgan fingerprint density at radius 1 is 0.967 bits per heavy atom. The third kappa shape index (κ3) is 4.32. The second kappa shape index (κ2) is 8.61. The van der Waals surface area contributed by atoms with E-state index < -0.39 is 17.7 Å². The molecule has 0 heterocycles. The third-order valence-corrected chi connectivity index (χ3v) is 5.41. The van der Waals surface area contributed by atoms with Crippen molar-refractivity contribution in [2.24, 2.45) is 0 Å². The first-order valence-corrected chi connectivity index (χ1v) is 9.86. The van der Waals surface area contributed by atoms with Crippen molar-refractivity contribution >= 4 is 11.7 Å². The van der Waals surface area contributed by atoms with Gasteiger partial charge in [-0.2, -0.15) is 0 Å². The number of fused-ring (bicyclic) bond motifs is 1. The molecule has 0 bridgehead atoms. The standard InChI is InChI=1S/C24H21F3N2O/c25-18-10-8-16(9-11-18)15-29(23-7-3-5-17-4-1-2-6-20(17)23)24(30)28-22-13-12-19(26)14-21(22)27/h1-2,4,6,8-14,23H,3,5,7,15H2,(H,28,30). The molecule has 0 saturated heterocycles. The fraction of sp³-hybridized carbons (Fsp3) is 0.208. The minimum Gasteiger partial charge on any atom is -0.313 e. The van der Waals surface area contributed by atoms with Crippen molar-refractivity contribution in [3.8, 4) is 0 Å². The van der Waals surface area contributed by atoms with E-state index >= 15 is 0 Å². The monoisotopic (exact) mass is 410 g/mol. The van der Waals surface area contributed by atoms with Crippen LogP contribution in [-0.2, 0) is 13.0 Å². The quantitative estimate of drug-likeness (QED) is 0.544. The number of anilines is 1. The van der Waals surface area contributed by atoms with Gasteiger partial charge in [-0.3, -0.25) is 0 Å². The molecule has 0 spiro atoms. The maximum atomic E-state index is 14.1. The highest BCUT2D eigenvalue weighted by Gasteiger charge is 2.29. The first kappa shape index (κ1) is 20.0. The summed E-state index contributed by atoms with van der Waals surface area (Å²) in [7, 11) is 0. The zero-order valence-corrected chi connectivity index (χ0v) is 16.2. The maximum absolute atomic E-state index is 14.1. The number of rotatable bonds is 4. The molecule has 1 aliphatic rings.